The fourth-order valence-electron chi connectivity index (χ4n) is 0. The van der Waals surface area contributed by atoms with Gasteiger partial charge in [0.2, 0.25) is 0 Å². The van der Waals surface area contributed by atoms with E-state index in [9.17, 15) is 0 Å². The van der Waals surface area contributed by atoms with E-state index in [-0.39, 0.29) is 73.5 Å². The van der Waals surface area contributed by atoms with Gasteiger partial charge in [-0.1, -0.05) is 0 Å². The molecular weight excluding hydrogens is 285 g/mol. The first-order valence-electron chi connectivity index (χ1n) is 0. The van der Waals surface area contributed by atoms with Crippen LogP contribution in [0.15, 0.2) is 0 Å². The van der Waals surface area contributed by atoms with E-state index in [0.29, 0.717) is 0 Å². The van der Waals surface area contributed by atoms with E-state index in [1.807, 2.05) is 0 Å². The van der Waals surface area contributed by atoms with Crippen LogP contribution in [0.2, 0.25) is 0 Å². The molecule has 0 unspecified atom stereocenters. The molecule has 4 heavy (non-hydrogen) atoms. The summed E-state index contributed by atoms with van der Waals surface area (Å²) in [5.74, 6) is 0. The second-order valence-corrected chi connectivity index (χ2v) is 0. The van der Waals surface area contributed by atoms with Gasteiger partial charge in [-0.25, -0.2) is 0 Å². The van der Waals surface area contributed by atoms with Gasteiger partial charge in [-0.2, -0.15) is 0 Å². The van der Waals surface area contributed by atoms with Gasteiger partial charge in [0.05, 0.1) is 0 Å². The van der Waals surface area contributed by atoms with E-state index in [2.05, 4.69) is 0 Å². The van der Waals surface area contributed by atoms with E-state index < -0.39 is 0 Å². The van der Waals surface area contributed by atoms with Crippen molar-refractivity contribution in [2.45, 2.75) is 0 Å². The third kappa shape index (κ3) is 8.85. The van der Waals surface area contributed by atoms with Crippen molar-refractivity contribution >= 4 is 17.1 Å². The molecule has 0 heterocycles. The van der Waals surface area contributed by atoms with Gasteiger partial charge in [-0.05, 0) is 0 Å². The topological polar surface area (TPSA) is 0 Å². The smallest absolute Gasteiger partial charge is 0 e. The van der Waals surface area contributed by atoms with Crippen molar-refractivity contribution in [2.24, 2.45) is 0 Å². The second-order valence-electron chi connectivity index (χ2n) is 0. The summed E-state index contributed by atoms with van der Waals surface area (Å²) >= 11 is 0. The van der Waals surface area contributed by atoms with Crippen molar-refractivity contribution in [3.63, 3.8) is 0 Å². The summed E-state index contributed by atoms with van der Waals surface area (Å²) in [4.78, 5) is 0. The number of hydrogen-bond acceptors (Lipinski definition) is 0. The molecule has 3 radical (unpaired) electrons. The molecule has 0 spiro atoms. The Balaban J connectivity index is 0. The van der Waals surface area contributed by atoms with Crippen molar-refractivity contribution in [1.29, 1.82) is 0 Å². The van der Waals surface area contributed by atoms with Crippen LogP contribution in [0, 0.1) is 0 Å². The molecule has 0 atom stereocenters. The van der Waals surface area contributed by atoms with Crippen molar-refractivity contribution < 1.29 is 56.4 Å². The Morgan fingerprint density at radius 3 is 1.00 bits per heavy atom. The molecular formula is HCoMoSeV. The maximum absolute atomic E-state index is 0. The zero-order chi connectivity index (χ0) is 0. The Hall–Kier alpha value is 2.30. The average molecular weight is 286 g/mol. The molecule has 0 aliphatic carbocycles. The molecule has 0 N–H and O–H groups in total. The van der Waals surface area contributed by atoms with Gasteiger partial charge in [0.1, 0.15) is 0 Å². The molecule has 0 saturated heterocycles. The molecule has 0 fully saturated rings. The molecule has 0 saturated carbocycles. The fourth-order valence-corrected chi connectivity index (χ4v) is 0. The van der Waals surface area contributed by atoms with Crippen LogP contribution in [-0.2, 0) is 56.4 Å². The van der Waals surface area contributed by atoms with E-state index in [0.717, 1.165) is 0 Å². The van der Waals surface area contributed by atoms with Crippen LogP contribution in [-0.4, -0.2) is 17.1 Å². The summed E-state index contributed by atoms with van der Waals surface area (Å²) in [6.07, 6.45) is 0. The predicted molar refractivity (Wildman–Crippen MR) is 7.15 cm³/mol. The quantitative estimate of drug-likeness (QED) is 0.519. The molecule has 0 bridgehead atoms. The molecule has 0 rings (SSSR count). The van der Waals surface area contributed by atoms with E-state index in [1.165, 1.54) is 0 Å². The van der Waals surface area contributed by atoms with Crippen molar-refractivity contribution in [2.75, 3.05) is 0 Å². The van der Waals surface area contributed by atoms with Gasteiger partial charge in [0.15, 0.2) is 0 Å². The normalized spacial score (nSPS) is 0. The monoisotopic (exact) mass is 289 g/mol. The zero-order valence-corrected chi connectivity index (χ0v) is 7.96. The fraction of sp³-hybridized carbons (Fsp3) is 0. The first-order chi connectivity index (χ1) is 0. The van der Waals surface area contributed by atoms with Gasteiger partial charge in [0.25, 0.3) is 0 Å². The van der Waals surface area contributed by atoms with E-state index in [4.69, 9.17) is 0 Å². The minimum Gasteiger partial charge on any atom is 0 e. The molecule has 0 aliphatic rings. The van der Waals surface area contributed by atoms with Crippen molar-refractivity contribution in [1.82, 2.24) is 0 Å². The van der Waals surface area contributed by atoms with Crippen LogP contribution in [0.25, 0.3) is 0 Å². The van der Waals surface area contributed by atoms with Gasteiger partial charge in [-0.3, -0.25) is 0 Å². The third-order valence-electron chi connectivity index (χ3n) is 0. The van der Waals surface area contributed by atoms with Crippen LogP contribution < -0.4 is 0 Å². The van der Waals surface area contributed by atoms with Crippen molar-refractivity contribution in [3.05, 3.63) is 0 Å². The number of rotatable bonds is 0. The summed E-state index contributed by atoms with van der Waals surface area (Å²) in [5.41, 5.74) is 0. The van der Waals surface area contributed by atoms with Crippen LogP contribution in [0.4, 0.5) is 0 Å². The third-order valence-corrected chi connectivity index (χ3v) is 0. The Morgan fingerprint density at radius 1 is 1.00 bits per heavy atom. The molecule has 0 aliphatic heterocycles. The van der Waals surface area contributed by atoms with Crippen molar-refractivity contribution in [3.8, 4) is 0 Å². The molecule has 0 nitrogen and oxygen atoms in total. The van der Waals surface area contributed by atoms with E-state index in [1.54, 1.807) is 0 Å². The summed E-state index contributed by atoms with van der Waals surface area (Å²) in [7, 11) is 0. The average Bonchev–Trinajstić information content (AvgIpc) is 0. The standard InChI is InChI=1S/Co.Mo.HSe.V/h;;1H;. The summed E-state index contributed by atoms with van der Waals surface area (Å²) in [6, 6.07) is 0. The first kappa shape index (κ1) is 33.5. The Labute approximate surface area is 72.7 Å². The van der Waals surface area contributed by atoms with E-state index >= 15 is 0 Å². The molecule has 4 heteroatoms. The minimum atomic E-state index is 0. The number of hydrogen-bond donors (Lipinski definition) is 0. The Morgan fingerprint density at radius 2 is 1.00 bits per heavy atom. The largest absolute Gasteiger partial charge is 0 e. The Kier molecular flexibility index (Phi) is 155. The maximum atomic E-state index is 0. The van der Waals surface area contributed by atoms with Gasteiger partial charge in [-0.15, -0.1) is 0 Å². The van der Waals surface area contributed by atoms with Gasteiger partial charge in [0, 0.05) is 56.4 Å². The minimum absolute atomic E-state index is 0. The summed E-state index contributed by atoms with van der Waals surface area (Å²) in [5, 5.41) is 0. The molecule has 0 aromatic carbocycles. The first-order valence-corrected chi connectivity index (χ1v) is 0. The maximum Gasteiger partial charge on any atom is 0 e. The van der Waals surface area contributed by atoms with Crippen LogP contribution in [0.3, 0.4) is 0 Å². The zero-order valence-electron chi connectivity index (χ0n) is 1.64. The van der Waals surface area contributed by atoms with Crippen LogP contribution >= 0.6 is 0 Å². The SMILES string of the molecule is [Co].[Mo].[SeH].[V]. The van der Waals surface area contributed by atoms with Gasteiger partial charge < -0.3 is 0 Å². The summed E-state index contributed by atoms with van der Waals surface area (Å²) < 4.78 is 0. The van der Waals surface area contributed by atoms with Gasteiger partial charge >= 0.3 is 17.1 Å². The molecule has 0 amide bonds. The predicted octanol–water partition coefficient (Wildman–Crippen LogP) is -0.656. The second kappa shape index (κ2) is 18.5. The van der Waals surface area contributed by atoms with Crippen LogP contribution in [0.1, 0.15) is 0 Å². The van der Waals surface area contributed by atoms with Crippen LogP contribution in [0.5, 0.6) is 0 Å². The summed E-state index contributed by atoms with van der Waals surface area (Å²) in [6.45, 7) is 0. The molecule has 27 valence electrons. The molecule has 0 aromatic rings. The molecule has 0 aromatic heterocycles. The Bertz CT molecular complexity index is 8.00.